The highest BCUT2D eigenvalue weighted by Crippen LogP contribution is 2.16. The van der Waals surface area contributed by atoms with E-state index in [2.05, 4.69) is 15.3 Å². The van der Waals surface area contributed by atoms with Crippen LogP contribution in [0.5, 0.6) is 5.75 Å². The highest BCUT2D eigenvalue weighted by atomic mass is 16.5. The number of benzene rings is 2. The Morgan fingerprint density at radius 1 is 1.15 bits per heavy atom. The molecule has 6 heteroatoms. The Hall–Kier alpha value is -3.15. The third-order valence-electron chi connectivity index (χ3n) is 3.87. The molecule has 0 spiro atoms. The number of ether oxygens (including phenoxy) is 1. The first-order chi connectivity index (χ1) is 12.7. The molecule has 0 aliphatic carbocycles. The molecule has 0 bridgehead atoms. The zero-order chi connectivity index (χ0) is 18.4. The van der Waals surface area contributed by atoms with Gasteiger partial charge in [0.1, 0.15) is 11.4 Å². The molecule has 26 heavy (non-hydrogen) atoms. The molecular formula is C20H21N3O3. The predicted molar refractivity (Wildman–Crippen MR) is 102 cm³/mol. The normalized spacial score (nSPS) is 10.7. The van der Waals surface area contributed by atoms with Crippen LogP contribution in [0.25, 0.3) is 11.0 Å². The van der Waals surface area contributed by atoms with Gasteiger partial charge in [-0.15, -0.1) is 0 Å². The highest BCUT2D eigenvalue weighted by Gasteiger charge is 2.08. The number of carbonyl (C=O) groups is 1. The van der Waals surface area contributed by atoms with Crippen LogP contribution < -0.4 is 15.6 Å². The lowest BCUT2D eigenvalue weighted by atomic mass is 10.2. The maximum Gasteiger partial charge on any atom is 0.270 e. The van der Waals surface area contributed by atoms with Crippen LogP contribution in [-0.2, 0) is 11.2 Å². The first kappa shape index (κ1) is 17.7. The third kappa shape index (κ3) is 4.47. The fraction of sp³-hybridized carbons (Fsp3) is 0.250. The predicted octanol–water partition coefficient (Wildman–Crippen LogP) is 3.28. The summed E-state index contributed by atoms with van der Waals surface area (Å²) >= 11 is 0. The summed E-state index contributed by atoms with van der Waals surface area (Å²) in [4.78, 5) is 31.3. The molecule has 0 saturated heterocycles. The zero-order valence-corrected chi connectivity index (χ0v) is 14.6. The molecule has 2 N–H and O–H groups in total. The Balaban J connectivity index is 1.59. The first-order valence-corrected chi connectivity index (χ1v) is 8.66. The molecule has 0 radical (unpaired) electrons. The van der Waals surface area contributed by atoms with Crippen LogP contribution in [0.2, 0.25) is 0 Å². The van der Waals surface area contributed by atoms with E-state index in [1.165, 1.54) is 0 Å². The number of aromatic amines is 1. The number of amides is 1. The van der Waals surface area contributed by atoms with E-state index in [9.17, 15) is 9.59 Å². The maximum absolute atomic E-state index is 12.1. The van der Waals surface area contributed by atoms with Crippen molar-refractivity contribution in [3.05, 3.63) is 64.6 Å². The summed E-state index contributed by atoms with van der Waals surface area (Å²) in [5.74, 6) is 0.610. The number of anilines is 1. The van der Waals surface area contributed by atoms with Gasteiger partial charge in [-0.1, -0.05) is 19.1 Å². The topological polar surface area (TPSA) is 84.1 Å². The van der Waals surface area contributed by atoms with Crippen molar-refractivity contribution in [3.63, 3.8) is 0 Å². The van der Waals surface area contributed by atoms with Crippen LogP contribution in [0.15, 0.2) is 53.3 Å². The molecule has 0 fully saturated rings. The van der Waals surface area contributed by atoms with Crippen molar-refractivity contribution in [2.75, 3.05) is 11.9 Å². The summed E-state index contributed by atoms with van der Waals surface area (Å²) in [6.07, 6.45) is 1.41. The van der Waals surface area contributed by atoms with E-state index in [4.69, 9.17) is 4.74 Å². The molecule has 3 aromatic rings. The lowest BCUT2D eigenvalue weighted by molar-refractivity contribution is -0.116. The van der Waals surface area contributed by atoms with Crippen molar-refractivity contribution in [1.29, 1.82) is 0 Å². The van der Waals surface area contributed by atoms with E-state index < -0.39 is 0 Å². The Labute approximate surface area is 151 Å². The molecule has 0 atom stereocenters. The van der Waals surface area contributed by atoms with E-state index in [1.807, 2.05) is 37.3 Å². The molecule has 6 nitrogen and oxygen atoms in total. The number of hydrogen-bond acceptors (Lipinski definition) is 4. The van der Waals surface area contributed by atoms with E-state index in [0.717, 1.165) is 12.2 Å². The average molecular weight is 351 g/mol. The zero-order valence-electron chi connectivity index (χ0n) is 14.6. The van der Waals surface area contributed by atoms with Crippen LogP contribution in [0.4, 0.5) is 5.69 Å². The molecule has 1 aromatic heterocycles. The average Bonchev–Trinajstić information content (AvgIpc) is 2.66. The van der Waals surface area contributed by atoms with E-state index in [1.54, 1.807) is 18.2 Å². The van der Waals surface area contributed by atoms with Crippen molar-refractivity contribution in [1.82, 2.24) is 9.97 Å². The Morgan fingerprint density at radius 2 is 1.92 bits per heavy atom. The Kier molecular flexibility index (Phi) is 5.63. The van der Waals surface area contributed by atoms with Crippen molar-refractivity contribution in [3.8, 4) is 5.75 Å². The summed E-state index contributed by atoms with van der Waals surface area (Å²) < 4.78 is 5.51. The summed E-state index contributed by atoms with van der Waals surface area (Å²) in [5.41, 5.74) is 2.21. The summed E-state index contributed by atoms with van der Waals surface area (Å²) in [6, 6.07) is 14.6. The number of hydrogen-bond donors (Lipinski definition) is 2. The monoisotopic (exact) mass is 351 g/mol. The fourth-order valence-electron chi connectivity index (χ4n) is 2.55. The van der Waals surface area contributed by atoms with Gasteiger partial charge in [-0.3, -0.25) is 9.59 Å². The lowest BCUT2D eigenvalue weighted by Gasteiger charge is -2.08. The molecule has 1 heterocycles. The number of rotatable bonds is 7. The second-order valence-corrected chi connectivity index (χ2v) is 5.95. The number of nitrogens with one attached hydrogen (secondary N) is 2. The van der Waals surface area contributed by atoms with Gasteiger partial charge >= 0.3 is 0 Å². The fourth-order valence-corrected chi connectivity index (χ4v) is 2.55. The quantitative estimate of drug-likeness (QED) is 0.684. The van der Waals surface area contributed by atoms with Crippen LogP contribution in [0.1, 0.15) is 25.5 Å². The van der Waals surface area contributed by atoms with E-state index >= 15 is 0 Å². The SMILES string of the molecule is CCCOc1ccc(NC(=O)CCc2nc3ccccc3[nH]c2=O)cc1. The number of aromatic nitrogens is 2. The number of carbonyl (C=O) groups excluding carboxylic acids is 1. The molecule has 134 valence electrons. The molecular weight excluding hydrogens is 330 g/mol. The second kappa shape index (κ2) is 8.29. The van der Waals surface area contributed by atoms with Gasteiger partial charge in [0.15, 0.2) is 0 Å². The van der Waals surface area contributed by atoms with Gasteiger partial charge in [0, 0.05) is 18.5 Å². The van der Waals surface area contributed by atoms with Crippen LogP contribution in [0.3, 0.4) is 0 Å². The lowest BCUT2D eigenvalue weighted by Crippen LogP contribution is -2.19. The molecule has 3 rings (SSSR count). The number of nitrogens with zero attached hydrogens (tertiary/aromatic N) is 1. The summed E-state index contributed by atoms with van der Waals surface area (Å²) in [7, 11) is 0. The van der Waals surface area contributed by atoms with Gasteiger partial charge in [0.05, 0.1) is 17.6 Å². The van der Waals surface area contributed by atoms with Crippen molar-refractivity contribution in [2.45, 2.75) is 26.2 Å². The van der Waals surface area contributed by atoms with Crippen molar-refractivity contribution < 1.29 is 9.53 Å². The molecule has 0 aliphatic rings. The summed E-state index contributed by atoms with van der Waals surface area (Å²) in [6.45, 7) is 2.71. The number of fused-ring (bicyclic) bond motifs is 1. The van der Waals surface area contributed by atoms with Crippen LogP contribution in [-0.4, -0.2) is 22.5 Å². The molecule has 0 unspecified atom stereocenters. The first-order valence-electron chi connectivity index (χ1n) is 8.66. The van der Waals surface area contributed by atoms with Gasteiger partial charge in [0.2, 0.25) is 5.91 Å². The van der Waals surface area contributed by atoms with Gasteiger partial charge < -0.3 is 15.0 Å². The van der Waals surface area contributed by atoms with Crippen LogP contribution in [0, 0.1) is 0 Å². The minimum atomic E-state index is -0.256. The molecule has 0 aliphatic heterocycles. The maximum atomic E-state index is 12.1. The largest absolute Gasteiger partial charge is 0.494 e. The van der Waals surface area contributed by atoms with Crippen LogP contribution >= 0.6 is 0 Å². The van der Waals surface area contributed by atoms with Gasteiger partial charge in [-0.25, -0.2) is 4.98 Å². The standard InChI is InChI=1S/C20H21N3O3/c1-2-13-26-15-9-7-14(8-10-15)21-19(24)12-11-18-20(25)23-17-6-4-3-5-16(17)22-18/h3-10H,2,11-13H2,1H3,(H,21,24)(H,23,25). The number of aryl methyl sites for hydroxylation is 1. The van der Waals surface area contributed by atoms with Gasteiger partial charge in [-0.2, -0.15) is 0 Å². The minimum Gasteiger partial charge on any atom is -0.494 e. The van der Waals surface area contributed by atoms with Gasteiger partial charge in [0.25, 0.3) is 5.56 Å². The Bertz CT molecular complexity index is 948. The van der Waals surface area contributed by atoms with E-state index in [0.29, 0.717) is 29.0 Å². The Morgan fingerprint density at radius 3 is 2.69 bits per heavy atom. The second-order valence-electron chi connectivity index (χ2n) is 5.95. The smallest absolute Gasteiger partial charge is 0.270 e. The minimum absolute atomic E-state index is 0.165. The number of H-pyrrole nitrogens is 1. The number of para-hydroxylation sites is 2. The van der Waals surface area contributed by atoms with E-state index in [-0.39, 0.29) is 24.3 Å². The van der Waals surface area contributed by atoms with Crippen molar-refractivity contribution in [2.24, 2.45) is 0 Å². The molecule has 2 aromatic carbocycles. The molecule has 0 saturated carbocycles. The van der Waals surface area contributed by atoms with Gasteiger partial charge in [-0.05, 0) is 42.8 Å². The highest BCUT2D eigenvalue weighted by molar-refractivity contribution is 5.90. The summed E-state index contributed by atoms with van der Waals surface area (Å²) in [5, 5.41) is 2.82. The van der Waals surface area contributed by atoms with Crippen molar-refractivity contribution >= 4 is 22.6 Å². The molecule has 1 amide bonds. The third-order valence-corrected chi connectivity index (χ3v) is 3.87.